The van der Waals surface area contributed by atoms with E-state index in [1.54, 1.807) is 6.07 Å². The van der Waals surface area contributed by atoms with E-state index in [9.17, 15) is 0 Å². The number of hydrogen-bond donors (Lipinski definition) is 2. The molecule has 0 saturated carbocycles. The molecular formula is C12H17N3O. The summed E-state index contributed by atoms with van der Waals surface area (Å²) < 4.78 is 5.22. The van der Waals surface area contributed by atoms with Crippen LogP contribution in [-0.4, -0.2) is 19.8 Å². The van der Waals surface area contributed by atoms with E-state index >= 15 is 0 Å². The molecule has 1 aromatic rings. The number of ether oxygens (including phenoxy) is 1. The van der Waals surface area contributed by atoms with Gasteiger partial charge >= 0.3 is 0 Å². The van der Waals surface area contributed by atoms with Crippen molar-refractivity contribution in [2.75, 3.05) is 30.8 Å². The molecule has 0 aliphatic carbocycles. The lowest BCUT2D eigenvalue weighted by atomic mass is 10.1. The first-order chi connectivity index (χ1) is 7.79. The Kier molecular flexibility index (Phi) is 5.17. The number of para-hydroxylation sites is 1. The highest BCUT2D eigenvalue weighted by Gasteiger charge is 2.02. The van der Waals surface area contributed by atoms with Crippen LogP contribution in [-0.2, 0) is 4.74 Å². The van der Waals surface area contributed by atoms with E-state index in [4.69, 9.17) is 15.7 Å². The van der Waals surface area contributed by atoms with E-state index in [-0.39, 0.29) is 0 Å². The number of nitrogens with two attached hydrogens (primary N) is 1. The molecule has 0 unspecified atom stereocenters. The maximum absolute atomic E-state index is 8.81. The molecule has 0 radical (unpaired) electrons. The molecule has 0 spiro atoms. The van der Waals surface area contributed by atoms with Gasteiger partial charge in [0.15, 0.2) is 0 Å². The average Bonchev–Trinajstić information content (AvgIpc) is 2.31. The van der Waals surface area contributed by atoms with Crippen LogP contribution in [0.3, 0.4) is 0 Å². The lowest BCUT2D eigenvalue weighted by Gasteiger charge is -2.09. The van der Waals surface area contributed by atoms with Crippen molar-refractivity contribution in [3.8, 4) is 6.07 Å². The Morgan fingerprint density at radius 2 is 2.31 bits per heavy atom. The van der Waals surface area contributed by atoms with Crippen LogP contribution < -0.4 is 11.1 Å². The molecule has 0 aromatic heterocycles. The molecule has 1 rings (SSSR count). The van der Waals surface area contributed by atoms with Crippen LogP contribution >= 0.6 is 0 Å². The van der Waals surface area contributed by atoms with Crippen LogP contribution in [0.2, 0.25) is 0 Å². The van der Waals surface area contributed by atoms with Crippen molar-refractivity contribution in [1.82, 2.24) is 0 Å². The topological polar surface area (TPSA) is 71.1 Å². The average molecular weight is 219 g/mol. The van der Waals surface area contributed by atoms with Gasteiger partial charge in [0.2, 0.25) is 0 Å². The second-order valence-corrected chi connectivity index (χ2v) is 3.36. The highest BCUT2D eigenvalue weighted by atomic mass is 16.5. The SMILES string of the molecule is CCOCCCNc1cccc(C#N)c1N. The first-order valence-electron chi connectivity index (χ1n) is 5.39. The van der Waals surface area contributed by atoms with Crippen molar-refractivity contribution >= 4 is 11.4 Å². The fraction of sp³-hybridized carbons (Fsp3) is 0.417. The zero-order valence-electron chi connectivity index (χ0n) is 9.49. The quantitative estimate of drug-likeness (QED) is 0.567. The number of anilines is 2. The molecular weight excluding hydrogens is 202 g/mol. The summed E-state index contributed by atoms with van der Waals surface area (Å²) in [4.78, 5) is 0. The third-order valence-electron chi connectivity index (χ3n) is 2.21. The molecule has 86 valence electrons. The molecule has 0 fully saturated rings. The van der Waals surface area contributed by atoms with Gasteiger partial charge in [-0.15, -0.1) is 0 Å². The zero-order valence-corrected chi connectivity index (χ0v) is 9.49. The number of nitrogens with zero attached hydrogens (tertiary/aromatic N) is 1. The second-order valence-electron chi connectivity index (χ2n) is 3.36. The van der Waals surface area contributed by atoms with Gasteiger partial charge < -0.3 is 15.8 Å². The van der Waals surface area contributed by atoms with Gasteiger partial charge in [0.05, 0.1) is 16.9 Å². The number of benzene rings is 1. The smallest absolute Gasteiger partial charge is 0.101 e. The van der Waals surface area contributed by atoms with Crippen LogP contribution in [0.25, 0.3) is 0 Å². The van der Waals surface area contributed by atoms with Crippen LogP contribution in [0.1, 0.15) is 18.9 Å². The minimum atomic E-state index is 0.509. The number of nitriles is 1. The molecule has 0 heterocycles. The van der Waals surface area contributed by atoms with Crippen molar-refractivity contribution in [1.29, 1.82) is 5.26 Å². The summed E-state index contributed by atoms with van der Waals surface area (Å²) in [6.07, 6.45) is 0.921. The third kappa shape index (κ3) is 3.44. The molecule has 16 heavy (non-hydrogen) atoms. The molecule has 0 atom stereocenters. The number of hydrogen-bond acceptors (Lipinski definition) is 4. The molecule has 3 N–H and O–H groups in total. The maximum Gasteiger partial charge on any atom is 0.101 e. The van der Waals surface area contributed by atoms with E-state index in [0.29, 0.717) is 11.3 Å². The molecule has 0 saturated heterocycles. The highest BCUT2D eigenvalue weighted by molar-refractivity contribution is 5.72. The lowest BCUT2D eigenvalue weighted by molar-refractivity contribution is 0.147. The monoisotopic (exact) mass is 219 g/mol. The highest BCUT2D eigenvalue weighted by Crippen LogP contribution is 2.21. The molecule has 0 bridgehead atoms. The third-order valence-corrected chi connectivity index (χ3v) is 2.21. The van der Waals surface area contributed by atoms with E-state index in [1.165, 1.54) is 0 Å². The summed E-state index contributed by atoms with van der Waals surface area (Å²) in [6.45, 7) is 4.24. The van der Waals surface area contributed by atoms with E-state index in [2.05, 4.69) is 11.4 Å². The molecule has 0 amide bonds. The predicted molar refractivity (Wildman–Crippen MR) is 65.2 cm³/mol. The number of nitrogens with one attached hydrogen (secondary N) is 1. The van der Waals surface area contributed by atoms with Crippen molar-refractivity contribution in [3.05, 3.63) is 23.8 Å². The Morgan fingerprint density at radius 1 is 1.50 bits per heavy atom. The Hall–Kier alpha value is -1.73. The summed E-state index contributed by atoms with van der Waals surface area (Å²) in [5.74, 6) is 0. The molecule has 0 aliphatic heterocycles. The lowest BCUT2D eigenvalue weighted by Crippen LogP contribution is -2.08. The van der Waals surface area contributed by atoms with Gasteiger partial charge in [-0.05, 0) is 25.5 Å². The molecule has 1 aromatic carbocycles. The van der Waals surface area contributed by atoms with Gasteiger partial charge in [-0.25, -0.2) is 0 Å². The van der Waals surface area contributed by atoms with Gasteiger partial charge in [0.1, 0.15) is 6.07 Å². The van der Waals surface area contributed by atoms with Gasteiger partial charge in [0, 0.05) is 19.8 Å². The van der Waals surface area contributed by atoms with Crippen molar-refractivity contribution in [2.45, 2.75) is 13.3 Å². The van der Waals surface area contributed by atoms with Gasteiger partial charge in [0.25, 0.3) is 0 Å². The van der Waals surface area contributed by atoms with Crippen molar-refractivity contribution in [2.24, 2.45) is 0 Å². The summed E-state index contributed by atoms with van der Waals surface area (Å²) in [5.41, 5.74) is 7.66. The first kappa shape index (κ1) is 12.3. The summed E-state index contributed by atoms with van der Waals surface area (Å²) in [5, 5.41) is 12.0. The Bertz CT molecular complexity index is 371. The Morgan fingerprint density at radius 3 is 3.00 bits per heavy atom. The predicted octanol–water partition coefficient (Wildman–Crippen LogP) is 1.98. The summed E-state index contributed by atoms with van der Waals surface area (Å²) >= 11 is 0. The van der Waals surface area contributed by atoms with E-state index in [0.717, 1.165) is 31.9 Å². The van der Waals surface area contributed by atoms with E-state index < -0.39 is 0 Å². The Labute approximate surface area is 96.0 Å². The zero-order chi connectivity index (χ0) is 11.8. The van der Waals surface area contributed by atoms with Crippen LogP contribution in [0.4, 0.5) is 11.4 Å². The first-order valence-corrected chi connectivity index (χ1v) is 5.39. The fourth-order valence-electron chi connectivity index (χ4n) is 1.36. The summed E-state index contributed by atoms with van der Waals surface area (Å²) in [7, 11) is 0. The van der Waals surface area contributed by atoms with Crippen molar-refractivity contribution < 1.29 is 4.74 Å². The van der Waals surface area contributed by atoms with Gasteiger partial charge in [-0.2, -0.15) is 5.26 Å². The Balaban J connectivity index is 2.45. The molecule has 4 heteroatoms. The van der Waals surface area contributed by atoms with Crippen molar-refractivity contribution in [3.63, 3.8) is 0 Å². The molecule has 4 nitrogen and oxygen atoms in total. The number of rotatable bonds is 6. The van der Waals surface area contributed by atoms with Crippen LogP contribution in [0.5, 0.6) is 0 Å². The minimum Gasteiger partial charge on any atom is -0.396 e. The second kappa shape index (κ2) is 6.70. The minimum absolute atomic E-state index is 0.509. The normalized spacial score (nSPS) is 9.75. The summed E-state index contributed by atoms with van der Waals surface area (Å²) in [6, 6.07) is 7.46. The van der Waals surface area contributed by atoms with Crippen LogP contribution in [0, 0.1) is 11.3 Å². The number of nitrogen functional groups attached to an aromatic ring is 1. The van der Waals surface area contributed by atoms with E-state index in [1.807, 2.05) is 19.1 Å². The fourth-order valence-corrected chi connectivity index (χ4v) is 1.36. The van der Waals surface area contributed by atoms with Crippen LogP contribution in [0.15, 0.2) is 18.2 Å². The van der Waals surface area contributed by atoms with Gasteiger partial charge in [-0.3, -0.25) is 0 Å². The maximum atomic E-state index is 8.81. The molecule has 0 aliphatic rings. The van der Waals surface area contributed by atoms with Gasteiger partial charge in [-0.1, -0.05) is 6.07 Å². The largest absolute Gasteiger partial charge is 0.396 e. The standard InChI is InChI=1S/C12H17N3O/c1-2-16-8-4-7-15-11-6-3-5-10(9-13)12(11)14/h3,5-6,15H,2,4,7-8,14H2,1H3.